The van der Waals surface area contributed by atoms with E-state index in [2.05, 4.69) is 24.8 Å². The first-order valence-electron chi connectivity index (χ1n) is 6.88. The van der Waals surface area contributed by atoms with Gasteiger partial charge < -0.3 is 0 Å². The van der Waals surface area contributed by atoms with Gasteiger partial charge in [-0.2, -0.15) is 5.10 Å². The molecule has 0 saturated heterocycles. The zero-order valence-electron chi connectivity index (χ0n) is 12.2. The van der Waals surface area contributed by atoms with Gasteiger partial charge >= 0.3 is 0 Å². The molecule has 0 unspecified atom stereocenters. The van der Waals surface area contributed by atoms with Crippen molar-refractivity contribution in [1.82, 2.24) is 24.8 Å². The van der Waals surface area contributed by atoms with Crippen LogP contribution >= 0.6 is 11.6 Å². The lowest BCUT2D eigenvalue weighted by molar-refractivity contribution is 0.315. The minimum atomic E-state index is -3.68. The van der Waals surface area contributed by atoms with Gasteiger partial charge in [0.15, 0.2) is 5.52 Å². The van der Waals surface area contributed by atoms with Crippen LogP contribution in [0, 0.1) is 6.92 Å². The Bertz CT molecular complexity index is 934. The summed E-state index contributed by atoms with van der Waals surface area (Å²) in [6.45, 7) is 2.69. The number of halogens is 1. The van der Waals surface area contributed by atoms with Crippen molar-refractivity contribution in [1.29, 1.82) is 0 Å². The van der Waals surface area contributed by atoms with Gasteiger partial charge in [0.1, 0.15) is 10.4 Å². The molecule has 0 atom stereocenters. The summed E-state index contributed by atoms with van der Waals surface area (Å²) in [6.07, 6.45) is 2.14. The Morgan fingerprint density at radius 3 is 2.91 bits per heavy atom. The molecule has 0 bridgehead atoms. The predicted molar refractivity (Wildman–Crippen MR) is 83.6 cm³/mol. The van der Waals surface area contributed by atoms with Crippen molar-refractivity contribution in [2.24, 2.45) is 0 Å². The van der Waals surface area contributed by atoms with Crippen LogP contribution in [0.2, 0.25) is 5.02 Å². The fourth-order valence-electron chi connectivity index (χ4n) is 2.16. The molecule has 3 rings (SSSR count). The van der Waals surface area contributed by atoms with E-state index < -0.39 is 10.0 Å². The normalized spacial score (nSPS) is 12.1. The van der Waals surface area contributed by atoms with Crippen molar-refractivity contribution in [2.75, 3.05) is 6.54 Å². The van der Waals surface area contributed by atoms with Crippen molar-refractivity contribution >= 4 is 32.7 Å². The van der Waals surface area contributed by atoms with E-state index >= 15 is 0 Å². The number of hydrogen-bond donors (Lipinski definition) is 1. The molecular formula is C13H14ClN5O3S. The molecule has 0 amide bonds. The van der Waals surface area contributed by atoms with Gasteiger partial charge in [-0.3, -0.25) is 4.68 Å². The molecule has 2 heterocycles. The number of fused-ring (bicyclic) bond motifs is 1. The van der Waals surface area contributed by atoms with Gasteiger partial charge in [-0.25, -0.2) is 17.8 Å². The van der Waals surface area contributed by atoms with E-state index in [9.17, 15) is 8.42 Å². The average molecular weight is 356 g/mol. The highest BCUT2D eigenvalue weighted by atomic mass is 35.5. The highest BCUT2D eigenvalue weighted by Gasteiger charge is 2.19. The molecule has 0 aliphatic carbocycles. The molecule has 23 heavy (non-hydrogen) atoms. The third-order valence-electron chi connectivity index (χ3n) is 3.42. The largest absolute Gasteiger partial charge is 0.268 e. The highest BCUT2D eigenvalue weighted by molar-refractivity contribution is 7.89. The van der Waals surface area contributed by atoms with E-state index in [0.29, 0.717) is 23.5 Å². The summed E-state index contributed by atoms with van der Waals surface area (Å²) in [5.74, 6) is 0. The van der Waals surface area contributed by atoms with Gasteiger partial charge in [-0.15, -0.1) is 0 Å². The van der Waals surface area contributed by atoms with E-state index in [1.165, 1.54) is 6.07 Å². The van der Waals surface area contributed by atoms with Crippen LogP contribution in [0.3, 0.4) is 0 Å². The SMILES string of the molecule is Cc1c(Cl)cnn1CCCNS(=O)(=O)c1cccc2nonc12. The maximum absolute atomic E-state index is 12.4. The second-order valence-electron chi connectivity index (χ2n) is 4.94. The number of sulfonamides is 1. The van der Waals surface area contributed by atoms with Gasteiger partial charge in [0.05, 0.1) is 16.9 Å². The summed E-state index contributed by atoms with van der Waals surface area (Å²) < 4.78 is 33.6. The Kier molecular flexibility index (Phi) is 4.33. The van der Waals surface area contributed by atoms with E-state index in [1.54, 1.807) is 23.0 Å². The molecule has 0 aliphatic heterocycles. The Balaban J connectivity index is 1.65. The Labute approximate surface area is 137 Å². The van der Waals surface area contributed by atoms with Crippen LogP contribution in [0.5, 0.6) is 0 Å². The highest BCUT2D eigenvalue weighted by Crippen LogP contribution is 2.19. The number of aromatic nitrogens is 4. The van der Waals surface area contributed by atoms with Crippen LogP contribution in [0.25, 0.3) is 11.0 Å². The average Bonchev–Trinajstić information content (AvgIpc) is 3.12. The van der Waals surface area contributed by atoms with E-state index in [-0.39, 0.29) is 17.0 Å². The topological polar surface area (TPSA) is 103 Å². The molecule has 0 radical (unpaired) electrons. The lowest BCUT2D eigenvalue weighted by atomic mass is 10.3. The summed E-state index contributed by atoms with van der Waals surface area (Å²) >= 11 is 5.92. The quantitative estimate of drug-likeness (QED) is 0.676. The van der Waals surface area contributed by atoms with Crippen molar-refractivity contribution in [3.63, 3.8) is 0 Å². The van der Waals surface area contributed by atoms with Gasteiger partial charge in [0, 0.05) is 13.1 Å². The van der Waals surface area contributed by atoms with E-state index in [4.69, 9.17) is 11.6 Å². The Morgan fingerprint density at radius 1 is 1.35 bits per heavy atom. The van der Waals surface area contributed by atoms with Gasteiger partial charge in [0.2, 0.25) is 10.0 Å². The minimum absolute atomic E-state index is 0.0505. The lowest BCUT2D eigenvalue weighted by Gasteiger charge is -2.08. The first-order valence-corrected chi connectivity index (χ1v) is 8.74. The number of aryl methyl sites for hydroxylation is 1. The Hall–Kier alpha value is -1.97. The van der Waals surface area contributed by atoms with Crippen molar-refractivity contribution in [3.8, 4) is 0 Å². The fraction of sp³-hybridized carbons (Fsp3) is 0.308. The van der Waals surface area contributed by atoms with Crippen LogP contribution in [-0.4, -0.2) is 35.1 Å². The summed E-state index contributed by atoms with van der Waals surface area (Å²) in [7, 11) is -3.68. The summed E-state index contributed by atoms with van der Waals surface area (Å²) in [5, 5.41) is 12.0. The van der Waals surface area contributed by atoms with Gasteiger partial charge in [-0.1, -0.05) is 17.7 Å². The van der Waals surface area contributed by atoms with E-state index in [0.717, 1.165) is 5.69 Å². The van der Waals surface area contributed by atoms with Crippen LogP contribution in [0.4, 0.5) is 0 Å². The number of benzene rings is 1. The molecule has 122 valence electrons. The molecule has 3 aromatic rings. The zero-order chi connectivity index (χ0) is 16.4. The third-order valence-corrected chi connectivity index (χ3v) is 5.28. The molecule has 0 aliphatic rings. The molecule has 8 nitrogen and oxygen atoms in total. The van der Waals surface area contributed by atoms with Crippen LogP contribution in [0.15, 0.2) is 33.9 Å². The first-order chi connectivity index (χ1) is 11.0. The molecule has 2 aromatic heterocycles. The smallest absolute Gasteiger partial charge is 0.242 e. The van der Waals surface area contributed by atoms with Crippen LogP contribution in [-0.2, 0) is 16.6 Å². The number of hydrogen-bond acceptors (Lipinski definition) is 6. The van der Waals surface area contributed by atoms with Gasteiger partial charge in [-0.05, 0) is 35.8 Å². The molecular weight excluding hydrogens is 342 g/mol. The first kappa shape index (κ1) is 15.9. The maximum Gasteiger partial charge on any atom is 0.242 e. The monoisotopic (exact) mass is 355 g/mol. The third kappa shape index (κ3) is 3.21. The van der Waals surface area contributed by atoms with Crippen molar-refractivity contribution < 1.29 is 13.0 Å². The second kappa shape index (κ2) is 6.26. The van der Waals surface area contributed by atoms with E-state index in [1.807, 2.05) is 6.92 Å². The second-order valence-corrected chi connectivity index (χ2v) is 7.08. The van der Waals surface area contributed by atoms with Gasteiger partial charge in [0.25, 0.3) is 0 Å². The summed E-state index contributed by atoms with van der Waals surface area (Å²) in [5.41, 5.74) is 1.47. The number of nitrogens with one attached hydrogen (secondary N) is 1. The summed E-state index contributed by atoms with van der Waals surface area (Å²) in [6, 6.07) is 4.69. The van der Waals surface area contributed by atoms with Crippen LogP contribution < -0.4 is 4.72 Å². The predicted octanol–water partition coefficient (Wildman–Crippen LogP) is 1.75. The Morgan fingerprint density at radius 2 is 2.17 bits per heavy atom. The van der Waals surface area contributed by atoms with Crippen molar-refractivity contribution in [2.45, 2.75) is 24.8 Å². The van der Waals surface area contributed by atoms with Crippen molar-refractivity contribution in [3.05, 3.63) is 35.1 Å². The zero-order valence-corrected chi connectivity index (χ0v) is 13.8. The molecule has 1 aromatic carbocycles. The standard InChI is InChI=1S/C13H14ClN5O3S/c1-9-10(14)8-15-19(9)7-3-6-16-23(20,21)12-5-2-4-11-13(12)18-22-17-11/h2,4-5,8,16H,3,6-7H2,1H3. The number of nitrogens with zero attached hydrogens (tertiary/aromatic N) is 4. The molecule has 0 fully saturated rings. The fourth-order valence-corrected chi connectivity index (χ4v) is 3.52. The molecule has 0 saturated carbocycles. The molecule has 10 heteroatoms. The lowest BCUT2D eigenvalue weighted by Crippen LogP contribution is -2.26. The molecule has 0 spiro atoms. The number of rotatable bonds is 6. The minimum Gasteiger partial charge on any atom is -0.268 e. The maximum atomic E-state index is 12.4. The molecule has 1 N–H and O–H groups in total. The summed E-state index contributed by atoms with van der Waals surface area (Å²) in [4.78, 5) is 0.0505. The van der Waals surface area contributed by atoms with Crippen LogP contribution in [0.1, 0.15) is 12.1 Å².